The first-order chi connectivity index (χ1) is 12.6. The van der Waals surface area contributed by atoms with E-state index in [1.54, 1.807) is 12.1 Å². The van der Waals surface area contributed by atoms with E-state index in [2.05, 4.69) is 20.8 Å². The SMILES string of the molecule is COc1c(O)cccc1/C=N\NC(=O)C(=O)Nc1nc2ccccc2s1. The van der Waals surface area contributed by atoms with Crippen LogP contribution in [0.1, 0.15) is 5.56 Å². The Morgan fingerprint density at radius 2 is 2.00 bits per heavy atom. The van der Waals surface area contributed by atoms with Gasteiger partial charge in [0.05, 0.1) is 23.5 Å². The fourth-order valence-electron chi connectivity index (χ4n) is 2.16. The van der Waals surface area contributed by atoms with Crippen molar-refractivity contribution < 1.29 is 19.4 Å². The molecule has 0 saturated carbocycles. The number of aromatic nitrogens is 1. The zero-order valence-corrected chi connectivity index (χ0v) is 14.4. The minimum atomic E-state index is -0.945. The maximum Gasteiger partial charge on any atom is 0.329 e. The smallest absolute Gasteiger partial charge is 0.329 e. The first-order valence-electron chi connectivity index (χ1n) is 7.44. The summed E-state index contributed by atoms with van der Waals surface area (Å²) in [6.07, 6.45) is 1.27. The molecule has 0 saturated heterocycles. The number of carbonyl (C=O) groups is 2. The number of para-hydroxylation sites is 2. The third kappa shape index (κ3) is 3.78. The van der Waals surface area contributed by atoms with Gasteiger partial charge in [-0.2, -0.15) is 5.10 Å². The van der Waals surface area contributed by atoms with Gasteiger partial charge in [0.2, 0.25) is 0 Å². The van der Waals surface area contributed by atoms with Gasteiger partial charge in [-0.05, 0) is 24.3 Å². The van der Waals surface area contributed by atoms with Gasteiger partial charge < -0.3 is 9.84 Å². The van der Waals surface area contributed by atoms with Gasteiger partial charge in [0.1, 0.15) is 0 Å². The number of nitrogens with one attached hydrogen (secondary N) is 2. The number of hydrogen-bond acceptors (Lipinski definition) is 7. The van der Waals surface area contributed by atoms with Crippen LogP contribution in [0.3, 0.4) is 0 Å². The Balaban J connectivity index is 1.62. The Morgan fingerprint density at radius 3 is 2.77 bits per heavy atom. The molecule has 0 radical (unpaired) electrons. The van der Waals surface area contributed by atoms with Crippen LogP contribution in [0.2, 0.25) is 0 Å². The van der Waals surface area contributed by atoms with Gasteiger partial charge in [-0.3, -0.25) is 14.9 Å². The van der Waals surface area contributed by atoms with Crippen LogP contribution in [0, 0.1) is 0 Å². The maximum atomic E-state index is 11.9. The van der Waals surface area contributed by atoms with E-state index in [1.165, 1.54) is 30.7 Å². The van der Waals surface area contributed by atoms with Crippen molar-refractivity contribution in [3.8, 4) is 11.5 Å². The van der Waals surface area contributed by atoms with Gasteiger partial charge in [-0.1, -0.05) is 29.5 Å². The molecule has 132 valence electrons. The molecule has 0 unspecified atom stereocenters. The number of thiazole rings is 1. The first-order valence-corrected chi connectivity index (χ1v) is 8.26. The number of benzene rings is 2. The Morgan fingerprint density at radius 1 is 1.19 bits per heavy atom. The number of carbonyl (C=O) groups excluding carboxylic acids is 2. The van der Waals surface area contributed by atoms with Crippen molar-refractivity contribution in [3.05, 3.63) is 48.0 Å². The van der Waals surface area contributed by atoms with E-state index < -0.39 is 11.8 Å². The number of nitrogens with zero attached hydrogens (tertiary/aromatic N) is 2. The molecule has 1 heterocycles. The van der Waals surface area contributed by atoms with Crippen molar-refractivity contribution in [2.45, 2.75) is 0 Å². The largest absolute Gasteiger partial charge is 0.504 e. The summed E-state index contributed by atoms with van der Waals surface area (Å²) in [5.41, 5.74) is 3.30. The standard InChI is InChI=1S/C17H14N4O4S/c1-25-14-10(5-4-7-12(14)22)9-18-21-16(24)15(23)20-17-19-11-6-2-3-8-13(11)26-17/h2-9,22H,1H3,(H,21,24)(H,19,20,23)/b18-9-. The fourth-order valence-corrected chi connectivity index (χ4v) is 3.02. The molecule has 3 aromatic rings. The lowest BCUT2D eigenvalue weighted by Gasteiger charge is -2.06. The first kappa shape index (κ1) is 17.4. The fraction of sp³-hybridized carbons (Fsp3) is 0.0588. The molecule has 0 spiro atoms. The number of hydrazone groups is 1. The second-order valence-electron chi connectivity index (χ2n) is 5.04. The molecule has 0 aliphatic carbocycles. The van der Waals surface area contributed by atoms with E-state index in [0.717, 1.165) is 10.2 Å². The lowest BCUT2D eigenvalue weighted by molar-refractivity contribution is -0.136. The average Bonchev–Trinajstić information content (AvgIpc) is 3.04. The Labute approximate surface area is 152 Å². The van der Waals surface area contributed by atoms with E-state index in [9.17, 15) is 14.7 Å². The highest BCUT2D eigenvalue weighted by Gasteiger charge is 2.15. The highest BCUT2D eigenvalue weighted by atomic mass is 32.1. The van der Waals surface area contributed by atoms with E-state index in [4.69, 9.17) is 4.74 Å². The van der Waals surface area contributed by atoms with Crippen LogP contribution in [0.4, 0.5) is 5.13 Å². The van der Waals surface area contributed by atoms with Crippen LogP contribution in [-0.4, -0.2) is 35.2 Å². The van der Waals surface area contributed by atoms with Crippen molar-refractivity contribution in [2.24, 2.45) is 5.10 Å². The number of amides is 2. The number of aromatic hydroxyl groups is 1. The average molecular weight is 370 g/mol. The van der Waals surface area contributed by atoms with Gasteiger partial charge in [-0.25, -0.2) is 10.4 Å². The molecule has 0 atom stereocenters. The summed E-state index contributed by atoms with van der Waals surface area (Å²) < 4.78 is 5.95. The number of rotatable bonds is 4. The van der Waals surface area contributed by atoms with Crippen LogP contribution < -0.4 is 15.5 Å². The molecule has 3 N–H and O–H groups in total. The van der Waals surface area contributed by atoms with Gasteiger partial charge >= 0.3 is 11.8 Å². The number of ether oxygens (including phenoxy) is 1. The summed E-state index contributed by atoms with van der Waals surface area (Å²) in [7, 11) is 1.40. The highest BCUT2D eigenvalue weighted by molar-refractivity contribution is 7.22. The van der Waals surface area contributed by atoms with Crippen LogP contribution in [0.15, 0.2) is 47.6 Å². The van der Waals surface area contributed by atoms with E-state index in [-0.39, 0.29) is 11.5 Å². The Bertz CT molecular complexity index is 966. The molecule has 0 aliphatic heterocycles. The van der Waals surface area contributed by atoms with Crippen molar-refractivity contribution in [1.29, 1.82) is 0 Å². The quantitative estimate of drug-likeness (QED) is 0.370. The normalized spacial score (nSPS) is 10.8. The van der Waals surface area contributed by atoms with Gasteiger partial charge in [-0.15, -0.1) is 0 Å². The van der Waals surface area contributed by atoms with Crippen LogP contribution >= 0.6 is 11.3 Å². The number of methoxy groups -OCH3 is 1. The summed E-state index contributed by atoms with van der Waals surface area (Å²) in [4.78, 5) is 28.0. The maximum absolute atomic E-state index is 11.9. The second-order valence-corrected chi connectivity index (χ2v) is 6.07. The van der Waals surface area contributed by atoms with Gasteiger partial charge in [0.25, 0.3) is 0 Å². The molecular weight excluding hydrogens is 356 g/mol. The number of hydrogen-bond donors (Lipinski definition) is 3. The lowest BCUT2D eigenvalue weighted by Crippen LogP contribution is -2.32. The molecule has 0 aliphatic rings. The number of anilines is 1. The third-order valence-corrected chi connectivity index (χ3v) is 4.27. The predicted octanol–water partition coefficient (Wildman–Crippen LogP) is 2.10. The molecule has 0 fully saturated rings. The van der Waals surface area contributed by atoms with E-state index in [1.807, 2.05) is 24.3 Å². The number of phenolic OH excluding ortho intramolecular Hbond substituents is 1. The van der Waals surface area contributed by atoms with Crippen molar-refractivity contribution in [3.63, 3.8) is 0 Å². The van der Waals surface area contributed by atoms with Crippen LogP contribution in [0.5, 0.6) is 11.5 Å². The minimum Gasteiger partial charge on any atom is -0.504 e. The minimum absolute atomic E-state index is 0.0589. The molecule has 2 amide bonds. The van der Waals surface area contributed by atoms with Crippen LogP contribution in [-0.2, 0) is 9.59 Å². The third-order valence-electron chi connectivity index (χ3n) is 3.32. The molecule has 2 aromatic carbocycles. The molecule has 26 heavy (non-hydrogen) atoms. The summed E-state index contributed by atoms with van der Waals surface area (Å²) in [5.74, 6) is -1.68. The van der Waals surface area contributed by atoms with E-state index >= 15 is 0 Å². The molecule has 1 aromatic heterocycles. The van der Waals surface area contributed by atoms with Crippen molar-refractivity contribution in [2.75, 3.05) is 12.4 Å². The van der Waals surface area contributed by atoms with Crippen molar-refractivity contribution in [1.82, 2.24) is 10.4 Å². The lowest BCUT2D eigenvalue weighted by atomic mass is 10.2. The summed E-state index contributed by atoms with van der Waals surface area (Å²) >= 11 is 1.26. The van der Waals surface area contributed by atoms with Crippen LogP contribution in [0.25, 0.3) is 10.2 Å². The molecule has 3 rings (SSSR count). The topological polar surface area (TPSA) is 113 Å². The second kappa shape index (κ2) is 7.62. The number of phenols is 1. The summed E-state index contributed by atoms with van der Waals surface area (Å²) in [6.45, 7) is 0. The summed E-state index contributed by atoms with van der Waals surface area (Å²) in [5, 5.41) is 16.1. The monoisotopic (exact) mass is 370 g/mol. The molecule has 8 nitrogen and oxygen atoms in total. The molecular formula is C17H14N4O4S. The zero-order chi connectivity index (χ0) is 18.5. The highest BCUT2D eigenvalue weighted by Crippen LogP contribution is 2.28. The zero-order valence-electron chi connectivity index (χ0n) is 13.6. The molecule has 9 heteroatoms. The predicted molar refractivity (Wildman–Crippen MR) is 98.6 cm³/mol. The van der Waals surface area contributed by atoms with Gasteiger partial charge in [0.15, 0.2) is 16.6 Å². The van der Waals surface area contributed by atoms with Crippen molar-refractivity contribution >= 4 is 44.7 Å². The Kier molecular flexibility index (Phi) is 5.09. The van der Waals surface area contributed by atoms with Gasteiger partial charge in [0, 0.05) is 5.56 Å². The number of fused-ring (bicyclic) bond motifs is 1. The molecule has 0 bridgehead atoms. The summed E-state index contributed by atoms with van der Waals surface area (Å²) in [6, 6.07) is 12.1. The Hall–Kier alpha value is -3.46. The van der Waals surface area contributed by atoms with E-state index in [0.29, 0.717) is 10.7 Å².